The Kier molecular flexibility index (Phi) is 8.88. The Hall–Kier alpha value is -3.78. The van der Waals surface area contributed by atoms with Crippen LogP contribution in [0.1, 0.15) is 24.3 Å². The van der Waals surface area contributed by atoms with Crippen molar-refractivity contribution in [1.29, 1.82) is 0 Å². The molecule has 264 valence electrons. The zero-order chi connectivity index (χ0) is 36.7. The number of anilines is 2. The smallest absolute Gasteiger partial charge is 0.253 e. The molecule has 11 nitrogen and oxygen atoms in total. The summed E-state index contributed by atoms with van der Waals surface area (Å²) in [5, 5.41) is 19.3. The van der Waals surface area contributed by atoms with Crippen LogP contribution in [0.25, 0.3) is 0 Å². The van der Waals surface area contributed by atoms with Gasteiger partial charge in [0.2, 0.25) is 11.8 Å². The van der Waals surface area contributed by atoms with Crippen LogP contribution in [0.3, 0.4) is 0 Å². The van der Waals surface area contributed by atoms with Crippen molar-refractivity contribution in [1.82, 2.24) is 4.90 Å². The highest BCUT2D eigenvalue weighted by Gasteiger charge is 2.76. The van der Waals surface area contributed by atoms with Gasteiger partial charge < -0.3 is 14.7 Å². The van der Waals surface area contributed by atoms with Crippen molar-refractivity contribution in [2.75, 3.05) is 38.1 Å². The van der Waals surface area contributed by atoms with E-state index in [-0.39, 0.29) is 34.7 Å². The number of ether oxygens (including phenoxy) is 1. The molecule has 0 aromatic heterocycles. The maximum absolute atomic E-state index is 14.4. The number of alkyl halides is 2. The van der Waals surface area contributed by atoms with Gasteiger partial charge in [-0.05, 0) is 111 Å². The Labute approximate surface area is 320 Å². The number of aromatic hydroxyl groups is 1. The maximum atomic E-state index is 14.4. The highest BCUT2D eigenvalue weighted by atomic mass is 79.9. The molecule has 2 heterocycles. The predicted molar refractivity (Wildman–Crippen MR) is 199 cm³/mol. The van der Waals surface area contributed by atoms with Crippen LogP contribution in [-0.2, 0) is 19.2 Å². The molecule has 1 saturated carbocycles. The van der Waals surface area contributed by atoms with Crippen molar-refractivity contribution in [3.63, 3.8) is 0 Å². The molecule has 3 fully saturated rings. The van der Waals surface area contributed by atoms with Crippen LogP contribution in [0.15, 0.2) is 85.4 Å². The van der Waals surface area contributed by atoms with Gasteiger partial charge in [0.25, 0.3) is 11.8 Å². The molecular formula is C36H31Br2Cl2N5O6. The molecule has 51 heavy (non-hydrogen) atoms. The number of amides is 4. The number of phenolic OH excluding ortho intramolecular Hbond substituents is 1. The first kappa shape index (κ1) is 35.6. The highest BCUT2D eigenvalue weighted by molar-refractivity contribution is 9.13. The van der Waals surface area contributed by atoms with Gasteiger partial charge >= 0.3 is 0 Å². The van der Waals surface area contributed by atoms with Crippen molar-refractivity contribution < 1.29 is 29.0 Å². The fourth-order valence-electron chi connectivity index (χ4n) is 7.92. The fraction of sp³-hybridized carbons (Fsp3) is 0.333. The third-order valence-corrected chi connectivity index (χ3v) is 14.0. The monoisotopic (exact) mass is 857 g/mol. The lowest BCUT2D eigenvalue weighted by Crippen LogP contribution is -2.60. The van der Waals surface area contributed by atoms with E-state index in [1.54, 1.807) is 24.3 Å². The van der Waals surface area contributed by atoms with E-state index in [0.29, 0.717) is 32.7 Å². The van der Waals surface area contributed by atoms with Gasteiger partial charge in [-0.15, -0.1) is 23.2 Å². The van der Waals surface area contributed by atoms with Crippen molar-refractivity contribution in [3.05, 3.63) is 80.8 Å². The number of fused-ring (bicyclic) bond motifs is 4. The molecular weight excluding hydrogens is 829 g/mol. The topological polar surface area (TPSA) is 132 Å². The van der Waals surface area contributed by atoms with E-state index in [4.69, 9.17) is 27.9 Å². The fourth-order valence-corrected chi connectivity index (χ4v) is 9.89. The van der Waals surface area contributed by atoms with Crippen LogP contribution in [0.2, 0.25) is 0 Å². The van der Waals surface area contributed by atoms with Gasteiger partial charge in [-0.1, -0.05) is 11.6 Å². The van der Waals surface area contributed by atoms with E-state index in [1.807, 2.05) is 49.3 Å². The summed E-state index contributed by atoms with van der Waals surface area (Å²) in [7, 11) is 6.61. The van der Waals surface area contributed by atoms with E-state index < -0.39 is 51.1 Å². The van der Waals surface area contributed by atoms with Gasteiger partial charge in [-0.3, -0.25) is 29.0 Å². The Bertz CT molecular complexity index is 2080. The lowest BCUT2D eigenvalue weighted by molar-refractivity contribution is -0.138. The summed E-state index contributed by atoms with van der Waals surface area (Å²) in [4.78, 5) is 56.3. The van der Waals surface area contributed by atoms with E-state index in [9.17, 15) is 24.3 Å². The van der Waals surface area contributed by atoms with Crippen molar-refractivity contribution in [2.24, 2.45) is 28.0 Å². The van der Waals surface area contributed by atoms with Gasteiger partial charge in [0.1, 0.15) is 0 Å². The zero-order valence-electron chi connectivity index (χ0n) is 27.7. The zero-order valence-corrected chi connectivity index (χ0v) is 32.4. The molecule has 0 unspecified atom stereocenters. The second kappa shape index (κ2) is 12.7. The highest BCUT2D eigenvalue weighted by Crippen LogP contribution is 2.66. The van der Waals surface area contributed by atoms with Gasteiger partial charge in [0, 0.05) is 37.2 Å². The molecule has 4 amide bonds. The van der Waals surface area contributed by atoms with Gasteiger partial charge in [0.15, 0.2) is 21.2 Å². The molecule has 15 heteroatoms. The SMILES string of the molecule is COc1cc([C@H]2C3=CC[C@@H]4C(=O)N(c5ccc(N=Nc6ccc(N(C)C)cc6)cc5)C(=O)[C@@H]4[C@@H]3C[C@@]3(Cl)C(=O)N(C)C(=O)[C@@]23Cl)c(Br)c(Br)c1O. The minimum Gasteiger partial charge on any atom is -0.503 e. The number of allylic oxidation sites excluding steroid dienone is 2. The summed E-state index contributed by atoms with van der Waals surface area (Å²) in [5.74, 6) is -5.67. The average molecular weight is 860 g/mol. The van der Waals surface area contributed by atoms with Crippen molar-refractivity contribution in [2.45, 2.75) is 28.5 Å². The summed E-state index contributed by atoms with van der Waals surface area (Å²) in [6, 6.07) is 15.8. The number of carbonyl (C=O) groups excluding carboxylic acids is 4. The number of benzene rings is 3. The number of likely N-dealkylation sites (tertiary alicyclic amines) is 1. The number of imide groups is 2. The molecule has 2 aliphatic carbocycles. The van der Waals surface area contributed by atoms with Gasteiger partial charge in [-0.2, -0.15) is 10.2 Å². The molecule has 0 radical (unpaired) electrons. The number of halogens is 4. The van der Waals surface area contributed by atoms with E-state index in [1.165, 1.54) is 25.1 Å². The summed E-state index contributed by atoms with van der Waals surface area (Å²) in [6.45, 7) is 0. The quantitative estimate of drug-likeness (QED) is 0.117. The summed E-state index contributed by atoms with van der Waals surface area (Å²) in [5.41, 5.74) is 3.63. The third-order valence-electron chi connectivity index (χ3n) is 10.5. The first-order valence-electron chi connectivity index (χ1n) is 16.0. The molecule has 3 aromatic carbocycles. The van der Waals surface area contributed by atoms with Crippen LogP contribution < -0.4 is 14.5 Å². The lowest BCUT2D eigenvalue weighted by Gasteiger charge is -2.51. The first-order valence-corrected chi connectivity index (χ1v) is 18.3. The molecule has 7 rings (SSSR count). The number of azo groups is 1. The van der Waals surface area contributed by atoms with Crippen LogP contribution in [-0.4, -0.2) is 71.6 Å². The number of hydrogen-bond acceptors (Lipinski definition) is 9. The number of methoxy groups -OCH3 is 1. The number of hydrogen-bond donors (Lipinski definition) is 1. The van der Waals surface area contributed by atoms with Crippen molar-refractivity contribution >= 4 is 101 Å². The summed E-state index contributed by atoms with van der Waals surface area (Å²) >= 11 is 21.5. The number of nitrogens with zero attached hydrogens (tertiary/aromatic N) is 5. The van der Waals surface area contributed by atoms with E-state index in [2.05, 4.69) is 42.1 Å². The normalized spacial score (nSPS) is 28.6. The molecule has 2 aliphatic heterocycles. The van der Waals surface area contributed by atoms with Gasteiger partial charge in [-0.25, -0.2) is 0 Å². The number of phenols is 1. The number of rotatable bonds is 6. The Balaban J connectivity index is 1.25. The lowest BCUT2D eigenvalue weighted by atomic mass is 9.56. The maximum Gasteiger partial charge on any atom is 0.253 e. The molecule has 1 N–H and O–H groups in total. The Morgan fingerprint density at radius 3 is 2.10 bits per heavy atom. The van der Waals surface area contributed by atoms with Crippen molar-refractivity contribution in [3.8, 4) is 11.5 Å². The Morgan fingerprint density at radius 1 is 0.902 bits per heavy atom. The second-order valence-electron chi connectivity index (χ2n) is 13.3. The first-order chi connectivity index (χ1) is 24.1. The summed E-state index contributed by atoms with van der Waals surface area (Å²) < 4.78 is 6.03. The van der Waals surface area contributed by atoms with Crippen LogP contribution in [0.5, 0.6) is 11.5 Å². The molecule has 6 atom stereocenters. The van der Waals surface area contributed by atoms with E-state index in [0.717, 1.165) is 10.6 Å². The molecule has 0 bridgehead atoms. The number of carbonyl (C=O) groups is 4. The van der Waals surface area contributed by atoms with Gasteiger partial charge in [0.05, 0.1) is 40.5 Å². The average Bonchev–Trinajstić information content (AvgIpc) is 3.45. The largest absolute Gasteiger partial charge is 0.503 e. The standard InChI is InChI=1S/C36H31Br2Cl2N5O6/c1-43(2)19-9-5-17(6-10-19)41-42-18-7-11-20(12-8-18)45-31(47)22-14-13-21-24(26(22)32(45)48)16-35(39)33(49)44(3)34(50)36(35,40)27(21)23-15-25(51-4)30(46)29(38)28(23)37/h5-13,15,22,24,26-27,46H,14,16H2,1-4H3/t22-,24+,26-,27+,35+,36-/m0/s1. The summed E-state index contributed by atoms with van der Waals surface area (Å²) in [6.07, 6.45) is 1.89. The third kappa shape index (κ3) is 5.17. The Morgan fingerprint density at radius 2 is 1.51 bits per heavy atom. The van der Waals surface area contributed by atoms with Crippen LogP contribution in [0.4, 0.5) is 22.7 Å². The minimum atomic E-state index is -2.00. The van der Waals surface area contributed by atoms with E-state index >= 15 is 0 Å². The molecule has 2 saturated heterocycles. The minimum absolute atomic E-state index is 0.0885. The predicted octanol–water partition coefficient (Wildman–Crippen LogP) is 7.60. The second-order valence-corrected chi connectivity index (χ2v) is 16.1. The van der Waals surface area contributed by atoms with Crippen LogP contribution in [0, 0.1) is 17.8 Å². The molecule has 3 aromatic rings. The molecule has 4 aliphatic rings. The van der Waals surface area contributed by atoms with Crippen LogP contribution >= 0.6 is 55.1 Å². The molecule has 0 spiro atoms.